The first-order valence-electron chi connectivity index (χ1n) is 4.22. The largest absolute Gasteiger partial charge is 0.379 e. The van der Waals surface area contributed by atoms with Gasteiger partial charge in [0, 0.05) is 11.3 Å². The third-order valence-electron chi connectivity index (χ3n) is 1.99. The first-order valence-corrected chi connectivity index (χ1v) is 5.51. The van der Waals surface area contributed by atoms with Crippen LogP contribution in [0, 0.1) is 0 Å². The van der Waals surface area contributed by atoms with E-state index in [2.05, 4.69) is 18.5 Å². The molecule has 0 aromatic heterocycles. The minimum Gasteiger partial charge on any atom is -0.379 e. The molecule has 1 saturated heterocycles. The third-order valence-corrected chi connectivity index (χ3v) is 3.06. The van der Waals surface area contributed by atoms with Crippen molar-refractivity contribution < 1.29 is 4.74 Å². The van der Waals surface area contributed by atoms with Crippen LogP contribution in [-0.2, 0) is 4.74 Å². The van der Waals surface area contributed by atoms with Crippen LogP contribution < -0.4 is 5.32 Å². The summed E-state index contributed by atoms with van der Waals surface area (Å²) in [6.45, 7) is 5.12. The van der Waals surface area contributed by atoms with Crippen LogP contribution in [0.4, 0.5) is 0 Å². The Morgan fingerprint density at radius 1 is 1.55 bits per heavy atom. The standard InChI is InChI=1S/C8H17NOS/c1-3-4-9-7-5-10-6-8(7)11-2/h7-9H,3-6H2,1-2H3/t7-,8-/m0/s1. The molecule has 2 atom stereocenters. The summed E-state index contributed by atoms with van der Waals surface area (Å²) in [6, 6.07) is 0.588. The summed E-state index contributed by atoms with van der Waals surface area (Å²) < 4.78 is 5.37. The maximum absolute atomic E-state index is 5.37. The Hall–Kier alpha value is 0.270. The van der Waals surface area contributed by atoms with Gasteiger partial charge < -0.3 is 10.1 Å². The van der Waals surface area contributed by atoms with Crippen molar-refractivity contribution >= 4 is 11.8 Å². The normalized spacial score (nSPS) is 31.1. The van der Waals surface area contributed by atoms with Crippen LogP contribution in [0.3, 0.4) is 0 Å². The van der Waals surface area contributed by atoms with Crippen LogP contribution in [0.15, 0.2) is 0 Å². The highest BCUT2D eigenvalue weighted by molar-refractivity contribution is 7.99. The van der Waals surface area contributed by atoms with E-state index in [1.165, 1.54) is 6.42 Å². The van der Waals surface area contributed by atoms with Crippen LogP contribution in [0.1, 0.15) is 13.3 Å². The minimum absolute atomic E-state index is 0.588. The molecule has 0 aromatic rings. The van der Waals surface area contributed by atoms with Crippen molar-refractivity contribution in [2.24, 2.45) is 0 Å². The van der Waals surface area contributed by atoms with Crippen LogP contribution in [0.5, 0.6) is 0 Å². The molecule has 0 bridgehead atoms. The fourth-order valence-corrected chi connectivity index (χ4v) is 2.02. The average molecular weight is 175 g/mol. The van der Waals surface area contributed by atoms with E-state index in [-0.39, 0.29) is 0 Å². The molecular formula is C8H17NOS. The summed E-state index contributed by atoms with van der Waals surface area (Å²) >= 11 is 1.90. The van der Waals surface area contributed by atoms with E-state index in [4.69, 9.17) is 4.74 Å². The van der Waals surface area contributed by atoms with Gasteiger partial charge in [0.15, 0.2) is 0 Å². The molecule has 0 radical (unpaired) electrons. The van der Waals surface area contributed by atoms with Gasteiger partial charge in [-0.3, -0.25) is 0 Å². The van der Waals surface area contributed by atoms with Gasteiger partial charge in [-0.1, -0.05) is 6.92 Å². The van der Waals surface area contributed by atoms with E-state index >= 15 is 0 Å². The first-order chi connectivity index (χ1) is 5.38. The van der Waals surface area contributed by atoms with Crippen molar-refractivity contribution in [2.45, 2.75) is 24.6 Å². The van der Waals surface area contributed by atoms with Gasteiger partial charge in [-0.05, 0) is 19.2 Å². The fourth-order valence-electron chi connectivity index (χ4n) is 1.29. The van der Waals surface area contributed by atoms with Crippen molar-refractivity contribution in [1.82, 2.24) is 5.32 Å². The second-order valence-corrected chi connectivity index (χ2v) is 3.95. The molecule has 0 amide bonds. The second-order valence-electron chi connectivity index (χ2n) is 2.87. The van der Waals surface area contributed by atoms with Gasteiger partial charge in [0.2, 0.25) is 0 Å². The number of rotatable bonds is 4. The molecule has 1 aliphatic heterocycles. The van der Waals surface area contributed by atoms with Crippen LogP contribution >= 0.6 is 11.8 Å². The Morgan fingerprint density at radius 3 is 3.00 bits per heavy atom. The summed E-state index contributed by atoms with van der Waals surface area (Å²) in [5.74, 6) is 0. The highest BCUT2D eigenvalue weighted by Gasteiger charge is 2.26. The predicted molar refractivity (Wildman–Crippen MR) is 50.2 cm³/mol. The van der Waals surface area contributed by atoms with Crippen LogP contribution in [0.25, 0.3) is 0 Å². The topological polar surface area (TPSA) is 21.3 Å². The second kappa shape index (κ2) is 5.01. The highest BCUT2D eigenvalue weighted by Crippen LogP contribution is 2.17. The molecule has 66 valence electrons. The van der Waals surface area contributed by atoms with Crippen LogP contribution in [-0.4, -0.2) is 37.3 Å². The zero-order valence-corrected chi connectivity index (χ0v) is 8.12. The first kappa shape index (κ1) is 9.36. The monoisotopic (exact) mass is 175 g/mol. The molecule has 0 saturated carbocycles. The van der Waals surface area contributed by atoms with Crippen LogP contribution in [0.2, 0.25) is 0 Å². The lowest BCUT2D eigenvalue weighted by Crippen LogP contribution is -2.37. The predicted octanol–water partition coefficient (Wildman–Crippen LogP) is 1.12. The molecule has 11 heavy (non-hydrogen) atoms. The maximum atomic E-state index is 5.37. The van der Waals surface area contributed by atoms with Crippen molar-refractivity contribution in [1.29, 1.82) is 0 Å². The van der Waals surface area contributed by atoms with E-state index < -0.39 is 0 Å². The van der Waals surface area contributed by atoms with Crippen molar-refractivity contribution in [2.75, 3.05) is 26.0 Å². The van der Waals surface area contributed by atoms with E-state index in [0.717, 1.165) is 19.8 Å². The SMILES string of the molecule is CCCN[C@H]1COC[C@@H]1SC. The molecule has 1 aliphatic rings. The lowest BCUT2D eigenvalue weighted by Gasteiger charge is -2.16. The Labute approximate surface area is 73.1 Å². The van der Waals surface area contributed by atoms with Gasteiger partial charge in [-0.2, -0.15) is 11.8 Å². The molecular weight excluding hydrogens is 158 g/mol. The summed E-state index contributed by atoms with van der Waals surface area (Å²) in [4.78, 5) is 0. The van der Waals surface area contributed by atoms with Crippen molar-refractivity contribution in [3.63, 3.8) is 0 Å². The summed E-state index contributed by atoms with van der Waals surface area (Å²) in [7, 11) is 0. The fraction of sp³-hybridized carbons (Fsp3) is 1.00. The molecule has 2 nitrogen and oxygen atoms in total. The zero-order valence-electron chi connectivity index (χ0n) is 7.30. The van der Waals surface area contributed by atoms with Gasteiger partial charge >= 0.3 is 0 Å². The van der Waals surface area contributed by atoms with E-state index in [0.29, 0.717) is 11.3 Å². The third kappa shape index (κ3) is 2.65. The zero-order chi connectivity index (χ0) is 8.10. The number of hydrogen-bond acceptors (Lipinski definition) is 3. The quantitative estimate of drug-likeness (QED) is 0.692. The number of hydrogen-bond donors (Lipinski definition) is 1. The highest BCUT2D eigenvalue weighted by atomic mass is 32.2. The van der Waals surface area contributed by atoms with Gasteiger partial charge in [-0.25, -0.2) is 0 Å². The van der Waals surface area contributed by atoms with E-state index in [1.807, 2.05) is 11.8 Å². The Bertz CT molecular complexity index is 110. The Morgan fingerprint density at radius 2 is 2.36 bits per heavy atom. The smallest absolute Gasteiger partial charge is 0.0631 e. The lowest BCUT2D eigenvalue weighted by atomic mass is 10.2. The molecule has 1 heterocycles. The molecule has 0 aromatic carbocycles. The molecule has 0 aliphatic carbocycles. The average Bonchev–Trinajstić information content (AvgIpc) is 2.47. The maximum Gasteiger partial charge on any atom is 0.0631 e. The Kier molecular flexibility index (Phi) is 4.26. The van der Waals surface area contributed by atoms with Gasteiger partial charge in [0.1, 0.15) is 0 Å². The molecule has 1 rings (SSSR count). The Balaban J connectivity index is 2.20. The molecule has 3 heteroatoms. The van der Waals surface area contributed by atoms with Gasteiger partial charge in [-0.15, -0.1) is 0 Å². The van der Waals surface area contributed by atoms with Gasteiger partial charge in [0.25, 0.3) is 0 Å². The molecule has 1 fully saturated rings. The number of nitrogens with one attached hydrogen (secondary N) is 1. The number of ether oxygens (including phenoxy) is 1. The van der Waals surface area contributed by atoms with E-state index in [1.54, 1.807) is 0 Å². The van der Waals surface area contributed by atoms with Gasteiger partial charge in [0.05, 0.1) is 13.2 Å². The number of thioether (sulfide) groups is 1. The van der Waals surface area contributed by atoms with E-state index in [9.17, 15) is 0 Å². The molecule has 0 unspecified atom stereocenters. The molecule has 1 N–H and O–H groups in total. The summed E-state index contributed by atoms with van der Waals surface area (Å²) in [6.07, 6.45) is 3.36. The molecule has 0 spiro atoms. The van der Waals surface area contributed by atoms with Crippen molar-refractivity contribution in [3.8, 4) is 0 Å². The minimum atomic E-state index is 0.588. The summed E-state index contributed by atoms with van der Waals surface area (Å²) in [5.41, 5.74) is 0. The lowest BCUT2D eigenvalue weighted by molar-refractivity contribution is 0.190. The summed E-state index contributed by atoms with van der Waals surface area (Å²) in [5, 5.41) is 4.15. The van der Waals surface area contributed by atoms with Crippen molar-refractivity contribution in [3.05, 3.63) is 0 Å².